The van der Waals surface area contributed by atoms with Gasteiger partial charge in [0, 0.05) is 6.20 Å². The van der Waals surface area contributed by atoms with Crippen molar-refractivity contribution in [2.24, 2.45) is 11.8 Å². The number of anilines is 1. The molecule has 0 spiro atoms. The lowest BCUT2D eigenvalue weighted by atomic mass is 9.81. The van der Waals surface area contributed by atoms with Crippen LogP contribution in [-0.4, -0.2) is 46.2 Å². The molecule has 3 amide bonds. The highest BCUT2D eigenvalue weighted by Crippen LogP contribution is 2.37. The average molecular weight is 428 g/mol. The lowest BCUT2D eigenvalue weighted by Gasteiger charge is -2.19. The van der Waals surface area contributed by atoms with Gasteiger partial charge in [-0.3, -0.25) is 24.1 Å². The molecule has 1 aliphatic heterocycles. The fourth-order valence-corrected chi connectivity index (χ4v) is 3.96. The van der Waals surface area contributed by atoms with E-state index in [1.165, 1.54) is 19.2 Å². The molecule has 1 saturated heterocycles. The molecule has 2 heterocycles. The number of ether oxygens (including phenoxy) is 1. The van der Waals surface area contributed by atoms with Gasteiger partial charge in [-0.1, -0.05) is 36.0 Å². The second-order valence-electron chi connectivity index (χ2n) is 6.87. The zero-order valence-electron chi connectivity index (χ0n) is 15.1. The fourth-order valence-electron chi connectivity index (χ4n) is 3.53. The summed E-state index contributed by atoms with van der Waals surface area (Å²) >= 11 is 11.7. The van der Waals surface area contributed by atoms with Crippen LogP contribution in [0.15, 0.2) is 12.3 Å². The molecule has 0 aromatic carbocycles. The van der Waals surface area contributed by atoms with Crippen molar-refractivity contribution in [2.45, 2.75) is 38.7 Å². The smallest absolute Gasteiger partial charge is 0.326 e. The Bertz CT molecular complexity index is 807. The van der Waals surface area contributed by atoms with Gasteiger partial charge in [0.1, 0.15) is 6.54 Å². The van der Waals surface area contributed by atoms with Crippen LogP contribution in [0.2, 0.25) is 10.0 Å². The maximum Gasteiger partial charge on any atom is 0.326 e. The SMILES string of the molecule is C[C@H](OC(=O)CN1C(=O)[C@H]2CCCC[C@@H]2C1=O)C(=O)Nc1ncc(Cl)cc1Cl. The number of rotatable bonds is 5. The topological polar surface area (TPSA) is 106 Å². The predicted molar refractivity (Wildman–Crippen MR) is 101 cm³/mol. The number of hydrogen-bond donors (Lipinski definition) is 1. The monoisotopic (exact) mass is 427 g/mol. The van der Waals surface area contributed by atoms with Gasteiger partial charge in [-0.25, -0.2) is 4.98 Å². The van der Waals surface area contributed by atoms with E-state index in [0.717, 1.165) is 17.7 Å². The molecule has 28 heavy (non-hydrogen) atoms. The molecule has 1 N–H and O–H groups in total. The number of imide groups is 1. The number of pyridine rings is 1. The van der Waals surface area contributed by atoms with Crippen molar-refractivity contribution < 1.29 is 23.9 Å². The van der Waals surface area contributed by atoms with Gasteiger partial charge in [0.15, 0.2) is 11.9 Å². The van der Waals surface area contributed by atoms with E-state index in [2.05, 4.69) is 10.3 Å². The normalized spacial score (nSPS) is 22.6. The van der Waals surface area contributed by atoms with Crippen LogP contribution in [-0.2, 0) is 23.9 Å². The molecule has 1 saturated carbocycles. The number of likely N-dealkylation sites (tertiary alicyclic amines) is 1. The van der Waals surface area contributed by atoms with Crippen LogP contribution >= 0.6 is 23.2 Å². The van der Waals surface area contributed by atoms with E-state index >= 15 is 0 Å². The highest BCUT2D eigenvalue weighted by Gasteiger charge is 2.48. The quantitative estimate of drug-likeness (QED) is 0.571. The minimum absolute atomic E-state index is 0.0768. The Labute approximate surface area is 171 Å². The lowest BCUT2D eigenvalue weighted by Crippen LogP contribution is -2.39. The number of hydrogen-bond acceptors (Lipinski definition) is 6. The van der Waals surface area contributed by atoms with E-state index in [1.54, 1.807) is 0 Å². The van der Waals surface area contributed by atoms with Crippen LogP contribution in [0.3, 0.4) is 0 Å². The summed E-state index contributed by atoms with van der Waals surface area (Å²) in [6.45, 7) is 0.868. The van der Waals surface area contributed by atoms with E-state index < -0.39 is 24.5 Å². The first-order valence-corrected chi connectivity index (χ1v) is 9.70. The number of halogens is 2. The molecule has 1 aliphatic carbocycles. The van der Waals surface area contributed by atoms with Gasteiger partial charge < -0.3 is 10.1 Å². The molecule has 1 aromatic heterocycles. The highest BCUT2D eigenvalue weighted by atomic mass is 35.5. The van der Waals surface area contributed by atoms with Crippen molar-refractivity contribution in [3.05, 3.63) is 22.3 Å². The Morgan fingerprint density at radius 2 is 1.86 bits per heavy atom. The zero-order chi connectivity index (χ0) is 20.4. The molecule has 3 rings (SSSR count). The second kappa shape index (κ2) is 8.45. The zero-order valence-corrected chi connectivity index (χ0v) is 16.6. The second-order valence-corrected chi connectivity index (χ2v) is 7.71. The Hall–Kier alpha value is -2.19. The number of nitrogens with zero attached hydrogens (tertiary/aromatic N) is 2. The first kappa shape index (κ1) is 20.5. The van der Waals surface area contributed by atoms with E-state index in [4.69, 9.17) is 27.9 Å². The minimum Gasteiger partial charge on any atom is -0.451 e. The van der Waals surface area contributed by atoms with Gasteiger partial charge >= 0.3 is 5.97 Å². The minimum atomic E-state index is -1.17. The molecule has 2 aliphatic rings. The van der Waals surface area contributed by atoms with E-state index in [9.17, 15) is 19.2 Å². The third-order valence-electron chi connectivity index (χ3n) is 4.95. The Kier molecular flexibility index (Phi) is 6.20. The van der Waals surface area contributed by atoms with Gasteiger partial charge in [-0.05, 0) is 25.8 Å². The molecule has 10 heteroatoms. The molecule has 8 nitrogen and oxygen atoms in total. The van der Waals surface area contributed by atoms with Crippen molar-refractivity contribution in [3.8, 4) is 0 Å². The summed E-state index contributed by atoms with van der Waals surface area (Å²) in [5, 5.41) is 2.87. The number of esters is 1. The number of fused-ring (bicyclic) bond motifs is 1. The van der Waals surface area contributed by atoms with Crippen LogP contribution in [0.5, 0.6) is 0 Å². The van der Waals surface area contributed by atoms with Crippen LogP contribution in [0, 0.1) is 11.8 Å². The average Bonchev–Trinajstić information content (AvgIpc) is 2.89. The molecule has 0 bridgehead atoms. The van der Waals surface area contributed by atoms with Gasteiger partial charge in [0.2, 0.25) is 11.8 Å². The number of aromatic nitrogens is 1. The number of amides is 3. The third kappa shape index (κ3) is 4.28. The predicted octanol–water partition coefficient (Wildman–Crippen LogP) is 2.43. The molecule has 0 unspecified atom stereocenters. The summed E-state index contributed by atoms with van der Waals surface area (Å²) in [6, 6.07) is 1.41. The summed E-state index contributed by atoms with van der Waals surface area (Å²) in [7, 11) is 0. The van der Waals surface area contributed by atoms with Crippen LogP contribution in [0.4, 0.5) is 5.82 Å². The Balaban J connectivity index is 1.56. The molecule has 0 radical (unpaired) electrons. The summed E-state index contributed by atoms with van der Waals surface area (Å²) < 4.78 is 5.07. The van der Waals surface area contributed by atoms with Gasteiger partial charge in [0.25, 0.3) is 5.91 Å². The fraction of sp³-hybridized carbons (Fsp3) is 0.500. The molecular formula is C18H19Cl2N3O5. The van der Waals surface area contributed by atoms with Gasteiger partial charge in [-0.2, -0.15) is 0 Å². The van der Waals surface area contributed by atoms with Crippen molar-refractivity contribution in [3.63, 3.8) is 0 Å². The first-order valence-electron chi connectivity index (χ1n) is 8.94. The molecule has 150 valence electrons. The molecule has 3 atom stereocenters. The molecule has 2 fully saturated rings. The van der Waals surface area contributed by atoms with Gasteiger partial charge in [-0.15, -0.1) is 0 Å². The Morgan fingerprint density at radius 3 is 2.43 bits per heavy atom. The lowest BCUT2D eigenvalue weighted by molar-refractivity contribution is -0.158. The first-order chi connectivity index (χ1) is 13.3. The van der Waals surface area contributed by atoms with Crippen molar-refractivity contribution in [1.29, 1.82) is 0 Å². The summed E-state index contributed by atoms with van der Waals surface area (Å²) in [4.78, 5) is 54.0. The van der Waals surface area contributed by atoms with Crippen molar-refractivity contribution in [1.82, 2.24) is 9.88 Å². The molecular weight excluding hydrogens is 409 g/mol. The largest absolute Gasteiger partial charge is 0.451 e. The van der Waals surface area contributed by atoms with E-state index in [-0.39, 0.29) is 34.5 Å². The third-order valence-corrected chi connectivity index (χ3v) is 5.44. The van der Waals surface area contributed by atoms with Crippen LogP contribution in [0.25, 0.3) is 0 Å². The van der Waals surface area contributed by atoms with E-state index in [0.29, 0.717) is 17.9 Å². The standard InChI is InChI=1S/C18H19Cl2N3O5/c1-9(16(25)22-15-13(20)6-10(19)7-21-15)28-14(24)8-23-17(26)11-4-2-3-5-12(11)18(23)27/h6-7,9,11-12H,2-5,8H2,1H3,(H,21,22,25)/t9-,11-,12-/m0/s1. The number of carbonyl (C=O) groups is 4. The molecule has 1 aromatic rings. The maximum atomic E-state index is 12.4. The number of carbonyl (C=O) groups excluding carboxylic acids is 4. The van der Waals surface area contributed by atoms with Crippen molar-refractivity contribution in [2.75, 3.05) is 11.9 Å². The number of nitrogens with one attached hydrogen (secondary N) is 1. The summed E-state index contributed by atoms with van der Waals surface area (Å²) in [5.74, 6) is -2.76. The van der Waals surface area contributed by atoms with Crippen LogP contribution < -0.4 is 5.32 Å². The van der Waals surface area contributed by atoms with Gasteiger partial charge in [0.05, 0.1) is 21.9 Å². The van der Waals surface area contributed by atoms with E-state index in [1.807, 2.05) is 0 Å². The summed E-state index contributed by atoms with van der Waals surface area (Å²) in [5.41, 5.74) is 0. The summed E-state index contributed by atoms with van der Waals surface area (Å²) in [6.07, 6.45) is 3.26. The van der Waals surface area contributed by atoms with Crippen molar-refractivity contribution >= 4 is 52.7 Å². The van der Waals surface area contributed by atoms with Crippen LogP contribution in [0.1, 0.15) is 32.6 Å². The Morgan fingerprint density at radius 1 is 1.25 bits per heavy atom. The highest BCUT2D eigenvalue weighted by molar-refractivity contribution is 6.36. The maximum absolute atomic E-state index is 12.4.